The van der Waals surface area contributed by atoms with Crippen LogP contribution in [0.1, 0.15) is 30.8 Å². The summed E-state index contributed by atoms with van der Waals surface area (Å²) in [6, 6.07) is 0. The third kappa shape index (κ3) is 3.95. The molecule has 1 aliphatic heterocycles. The van der Waals surface area contributed by atoms with Crippen LogP contribution in [-0.4, -0.2) is 42.4 Å². The van der Waals surface area contributed by atoms with E-state index >= 15 is 0 Å². The van der Waals surface area contributed by atoms with Gasteiger partial charge in [-0.3, -0.25) is 0 Å². The van der Waals surface area contributed by atoms with Gasteiger partial charge in [-0.2, -0.15) is 0 Å². The Bertz CT molecular complexity index is 691. The fraction of sp³-hybridized carbons (Fsp3) is 0.643. The van der Waals surface area contributed by atoms with E-state index in [2.05, 4.69) is 15.3 Å². The van der Waals surface area contributed by atoms with E-state index < -0.39 is 4.92 Å². The zero-order valence-electron chi connectivity index (χ0n) is 13.5. The number of aryl methyl sites for hydroxylation is 2. The maximum Gasteiger partial charge on any atom is 0.342 e. The van der Waals surface area contributed by atoms with Gasteiger partial charge in [0.15, 0.2) is 12.1 Å². The van der Waals surface area contributed by atoms with Crippen LogP contribution in [0.25, 0.3) is 0 Å². The minimum absolute atomic E-state index is 0.0226. The maximum atomic E-state index is 11.0. The second-order valence-corrected chi connectivity index (χ2v) is 5.65. The Morgan fingerprint density at radius 3 is 3.08 bits per heavy atom. The molecule has 3 rings (SSSR count). The van der Waals surface area contributed by atoms with E-state index in [1.807, 2.05) is 0 Å². The Morgan fingerprint density at radius 2 is 2.33 bits per heavy atom. The highest BCUT2D eigenvalue weighted by atomic mass is 16.7. The van der Waals surface area contributed by atoms with Crippen molar-refractivity contribution in [2.45, 2.75) is 52.2 Å². The lowest BCUT2D eigenvalue weighted by Crippen LogP contribution is -2.22. The van der Waals surface area contributed by atoms with Gasteiger partial charge < -0.3 is 19.6 Å². The summed E-state index contributed by atoms with van der Waals surface area (Å²) in [5, 5.41) is 19.0. The van der Waals surface area contributed by atoms with Crippen molar-refractivity contribution in [1.29, 1.82) is 0 Å². The minimum Gasteiger partial charge on any atom is -0.358 e. The van der Waals surface area contributed by atoms with E-state index in [1.54, 1.807) is 22.4 Å². The number of ether oxygens (including phenoxy) is 2. The molecular weight excluding hydrogens is 316 g/mol. The van der Waals surface area contributed by atoms with Crippen LogP contribution < -0.4 is 0 Å². The summed E-state index contributed by atoms with van der Waals surface area (Å²) in [5.74, 6) is 0.574. The summed E-state index contributed by atoms with van der Waals surface area (Å²) in [6.45, 7) is 3.68. The summed E-state index contributed by atoms with van der Waals surface area (Å²) in [6.07, 6.45) is 5.97. The van der Waals surface area contributed by atoms with Crippen LogP contribution >= 0.6 is 0 Å². The summed E-state index contributed by atoms with van der Waals surface area (Å²) >= 11 is 0. The highest BCUT2D eigenvalue weighted by molar-refractivity contribution is 5.18. The second kappa shape index (κ2) is 7.49. The van der Waals surface area contributed by atoms with Gasteiger partial charge >= 0.3 is 5.82 Å². The van der Waals surface area contributed by atoms with E-state index in [0.29, 0.717) is 31.2 Å². The Labute approximate surface area is 138 Å². The van der Waals surface area contributed by atoms with Crippen LogP contribution in [0.2, 0.25) is 0 Å². The van der Waals surface area contributed by atoms with Gasteiger partial charge in [-0.25, -0.2) is 14.2 Å². The number of hydrogen-bond acceptors (Lipinski definition) is 7. The molecule has 2 aromatic heterocycles. The molecule has 2 aromatic rings. The highest BCUT2D eigenvalue weighted by Gasteiger charge is 2.18. The van der Waals surface area contributed by atoms with Crippen molar-refractivity contribution < 1.29 is 14.4 Å². The van der Waals surface area contributed by atoms with Gasteiger partial charge in [0.1, 0.15) is 18.4 Å². The number of imidazole rings is 1. The van der Waals surface area contributed by atoms with Crippen LogP contribution in [0.4, 0.5) is 5.82 Å². The molecule has 0 aromatic carbocycles. The smallest absolute Gasteiger partial charge is 0.342 e. The third-order valence-corrected chi connectivity index (χ3v) is 3.91. The van der Waals surface area contributed by atoms with Crippen molar-refractivity contribution in [2.24, 2.45) is 0 Å². The highest BCUT2D eigenvalue weighted by Crippen LogP contribution is 2.15. The fourth-order valence-electron chi connectivity index (χ4n) is 2.62. The summed E-state index contributed by atoms with van der Waals surface area (Å²) in [7, 11) is 0. The van der Waals surface area contributed by atoms with Crippen LogP contribution in [0, 0.1) is 17.0 Å². The first kappa shape index (κ1) is 16.5. The van der Waals surface area contributed by atoms with Gasteiger partial charge in [-0.05, 0) is 24.2 Å². The molecule has 10 heteroatoms. The predicted octanol–water partition coefficient (Wildman–Crippen LogP) is 1.43. The molecule has 0 amide bonds. The molecule has 0 aliphatic carbocycles. The second-order valence-electron chi connectivity index (χ2n) is 5.65. The first-order valence-corrected chi connectivity index (χ1v) is 7.92. The molecule has 1 atom stereocenters. The predicted molar refractivity (Wildman–Crippen MR) is 82.0 cm³/mol. The molecule has 1 aliphatic rings. The molecule has 130 valence electrons. The standard InChI is InChI=1S/C14H20N6O4/c1-11-15-8-13(20(21)22)19(11)6-5-18-9-12(16-17-18)10-24-14-4-2-3-7-23-14/h8-9,14H,2-7,10H2,1H3. The Hall–Kier alpha value is -2.33. The summed E-state index contributed by atoms with van der Waals surface area (Å²) < 4.78 is 14.4. The molecule has 1 saturated heterocycles. The quantitative estimate of drug-likeness (QED) is 0.555. The van der Waals surface area contributed by atoms with Crippen molar-refractivity contribution >= 4 is 5.82 Å². The maximum absolute atomic E-state index is 11.0. The SMILES string of the molecule is Cc1ncc([N+](=O)[O-])n1CCn1cc(COC2CCCCO2)nn1. The Morgan fingerprint density at radius 1 is 1.46 bits per heavy atom. The monoisotopic (exact) mass is 336 g/mol. The zero-order valence-corrected chi connectivity index (χ0v) is 13.5. The van der Waals surface area contributed by atoms with E-state index in [0.717, 1.165) is 25.9 Å². The van der Waals surface area contributed by atoms with Crippen LogP contribution in [-0.2, 0) is 29.2 Å². The van der Waals surface area contributed by atoms with Crippen molar-refractivity contribution in [1.82, 2.24) is 24.5 Å². The lowest BCUT2D eigenvalue weighted by molar-refractivity contribution is -0.392. The van der Waals surface area contributed by atoms with Crippen molar-refractivity contribution in [3.05, 3.63) is 34.0 Å². The molecule has 0 saturated carbocycles. The topological polar surface area (TPSA) is 110 Å². The van der Waals surface area contributed by atoms with Crippen molar-refractivity contribution in [3.8, 4) is 0 Å². The number of rotatable bonds is 7. The molecule has 1 unspecified atom stereocenters. The lowest BCUT2D eigenvalue weighted by Gasteiger charge is -2.22. The van der Waals surface area contributed by atoms with Gasteiger partial charge in [0.25, 0.3) is 0 Å². The van der Waals surface area contributed by atoms with Crippen LogP contribution in [0.15, 0.2) is 12.4 Å². The number of nitrogens with zero attached hydrogens (tertiary/aromatic N) is 6. The minimum atomic E-state index is -0.440. The number of hydrogen-bond donors (Lipinski definition) is 0. The largest absolute Gasteiger partial charge is 0.358 e. The van der Waals surface area contributed by atoms with Gasteiger partial charge in [-0.1, -0.05) is 5.21 Å². The first-order valence-electron chi connectivity index (χ1n) is 7.92. The zero-order chi connectivity index (χ0) is 16.9. The average Bonchev–Trinajstić information content (AvgIpc) is 3.18. The molecule has 24 heavy (non-hydrogen) atoms. The molecule has 0 N–H and O–H groups in total. The van der Waals surface area contributed by atoms with E-state index in [-0.39, 0.29) is 12.1 Å². The van der Waals surface area contributed by atoms with E-state index in [4.69, 9.17) is 9.47 Å². The molecule has 1 fully saturated rings. The number of nitro groups is 1. The molecular formula is C14H20N6O4. The van der Waals surface area contributed by atoms with Gasteiger partial charge in [0.2, 0.25) is 0 Å². The van der Waals surface area contributed by atoms with Crippen molar-refractivity contribution in [3.63, 3.8) is 0 Å². The molecule has 3 heterocycles. The fourth-order valence-corrected chi connectivity index (χ4v) is 2.62. The van der Waals surface area contributed by atoms with Gasteiger partial charge in [0.05, 0.1) is 19.3 Å². The van der Waals surface area contributed by atoms with Crippen LogP contribution in [0.3, 0.4) is 0 Å². The molecule has 0 bridgehead atoms. The van der Waals surface area contributed by atoms with Crippen molar-refractivity contribution in [2.75, 3.05) is 6.61 Å². The van der Waals surface area contributed by atoms with E-state index in [9.17, 15) is 10.1 Å². The summed E-state index contributed by atoms with van der Waals surface area (Å²) in [5.41, 5.74) is 0.709. The van der Waals surface area contributed by atoms with Crippen LogP contribution in [0.5, 0.6) is 0 Å². The van der Waals surface area contributed by atoms with E-state index in [1.165, 1.54) is 6.20 Å². The molecule has 0 radical (unpaired) electrons. The van der Waals surface area contributed by atoms with Gasteiger partial charge in [-0.15, -0.1) is 5.10 Å². The van der Waals surface area contributed by atoms with Gasteiger partial charge in [0, 0.05) is 13.5 Å². The number of aromatic nitrogens is 5. The normalized spacial score (nSPS) is 18.0. The molecule has 0 spiro atoms. The molecule has 10 nitrogen and oxygen atoms in total. The lowest BCUT2D eigenvalue weighted by atomic mass is 10.2. The Kier molecular flexibility index (Phi) is 5.16. The summed E-state index contributed by atoms with van der Waals surface area (Å²) in [4.78, 5) is 14.5. The Balaban J connectivity index is 1.52. The average molecular weight is 336 g/mol. The first-order chi connectivity index (χ1) is 11.6. The third-order valence-electron chi connectivity index (χ3n) is 3.91.